The average Bonchev–Trinajstić information content (AvgIpc) is 2.68. The third-order valence-electron chi connectivity index (χ3n) is 4.65. The summed E-state index contributed by atoms with van der Waals surface area (Å²) < 4.78 is 5.90. The van der Waals surface area contributed by atoms with Crippen LogP contribution in [0.4, 0.5) is 0 Å². The lowest BCUT2D eigenvalue weighted by Gasteiger charge is -2.13. The van der Waals surface area contributed by atoms with E-state index in [-0.39, 0.29) is 5.91 Å². The maximum absolute atomic E-state index is 11.3. The molecule has 0 aliphatic carbocycles. The summed E-state index contributed by atoms with van der Waals surface area (Å²) in [5.41, 5.74) is 3.62. The van der Waals surface area contributed by atoms with E-state index in [0.717, 1.165) is 31.6 Å². The zero-order valence-corrected chi connectivity index (χ0v) is 16.1. The van der Waals surface area contributed by atoms with Crippen LogP contribution in [0.1, 0.15) is 32.3 Å². The first-order chi connectivity index (χ1) is 13.2. The van der Waals surface area contributed by atoms with Crippen molar-refractivity contribution in [1.82, 2.24) is 5.32 Å². The van der Waals surface area contributed by atoms with E-state index in [1.54, 1.807) is 6.92 Å². The third kappa shape index (κ3) is 5.10. The Hall–Kier alpha value is -2.81. The fourth-order valence-electron chi connectivity index (χ4n) is 3.22. The minimum absolute atomic E-state index is 0.00195. The number of carbonyl (C=O) groups is 1. The van der Waals surface area contributed by atoms with Crippen molar-refractivity contribution >= 4 is 16.7 Å². The van der Waals surface area contributed by atoms with Crippen molar-refractivity contribution in [3.63, 3.8) is 0 Å². The molecule has 0 aliphatic heterocycles. The molecule has 3 rings (SSSR count). The molecule has 0 spiro atoms. The predicted octanol–water partition coefficient (Wildman–Crippen LogP) is 5.36. The van der Waals surface area contributed by atoms with Crippen molar-refractivity contribution in [2.75, 3.05) is 13.2 Å². The Balaban J connectivity index is 1.97. The van der Waals surface area contributed by atoms with Crippen molar-refractivity contribution < 1.29 is 9.53 Å². The zero-order valence-electron chi connectivity index (χ0n) is 16.1. The smallest absolute Gasteiger partial charge is 0.216 e. The summed E-state index contributed by atoms with van der Waals surface area (Å²) in [5, 5.41) is 5.28. The molecule has 3 aromatic carbocycles. The molecule has 0 saturated carbocycles. The molecule has 140 valence electrons. The molecule has 0 bridgehead atoms. The molecule has 1 amide bonds. The maximum Gasteiger partial charge on any atom is 0.216 e. The minimum atomic E-state index is 0.00195. The molecule has 3 aromatic rings. The van der Waals surface area contributed by atoms with Crippen LogP contribution in [0.25, 0.3) is 21.9 Å². The van der Waals surface area contributed by atoms with Crippen molar-refractivity contribution in [3.05, 3.63) is 66.2 Å². The van der Waals surface area contributed by atoms with Gasteiger partial charge in [0.25, 0.3) is 0 Å². The summed E-state index contributed by atoms with van der Waals surface area (Å²) in [4.78, 5) is 11.3. The second kappa shape index (κ2) is 9.22. The first-order valence-electron chi connectivity index (χ1n) is 9.66. The summed E-state index contributed by atoms with van der Waals surface area (Å²) in [7, 11) is 0. The van der Waals surface area contributed by atoms with Gasteiger partial charge in [0.1, 0.15) is 5.75 Å². The number of amides is 1. The highest BCUT2D eigenvalue weighted by atomic mass is 16.5. The van der Waals surface area contributed by atoms with Crippen molar-refractivity contribution in [2.24, 2.45) is 0 Å². The number of nitrogens with one attached hydrogen (secondary N) is 1. The van der Waals surface area contributed by atoms with Gasteiger partial charge in [-0.1, -0.05) is 55.8 Å². The number of fused-ring (bicyclic) bond motifs is 1. The van der Waals surface area contributed by atoms with E-state index in [1.807, 2.05) is 12.1 Å². The number of benzene rings is 3. The minimum Gasteiger partial charge on any atom is -0.494 e. The van der Waals surface area contributed by atoms with E-state index in [9.17, 15) is 4.79 Å². The number of rotatable bonds is 8. The summed E-state index contributed by atoms with van der Waals surface area (Å²) in [6.45, 7) is 5.09. The molecule has 3 heteroatoms. The Kier molecular flexibility index (Phi) is 6.48. The lowest BCUT2D eigenvalue weighted by molar-refractivity contribution is -0.118. The van der Waals surface area contributed by atoms with Crippen LogP contribution in [0.2, 0.25) is 0 Å². The lowest BCUT2D eigenvalue weighted by Crippen LogP contribution is -2.22. The van der Waals surface area contributed by atoms with Gasteiger partial charge in [0.2, 0.25) is 5.91 Å². The Morgan fingerprint density at radius 2 is 1.81 bits per heavy atom. The Labute approximate surface area is 161 Å². The summed E-state index contributed by atoms with van der Waals surface area (Å²) in [6.07, 6.45) is 2.96. The largest absolute Gasteiger partial charge is 0.494 e. The standard InChI is InChI=1S/C24H27NO2/c1-3-4-14-27-23-11-10-20-15-22(19-8-6-5-7-9-19)16-21(24(20)17-23)12-13-25-18(2)26/h5-11,15-17H,3-4,12-14H2,1-2H3,(H,25,26). The monoisotopic (exact) mass is 361 g/mol. The van der Waals surface area contributed by atoms with Crippen LogP contribution in [0.5, 0.6) is 5.75 Å². The normalized spacial score (nSPS) is 10.7. The van der Waals surface area contributed by atoms with Gasteiger partial charge in [0.15, 0.2) is 0 Å². The van der Waals surface area contributed by atoms with Gasteiger partial charge < -0.3 is 10.1 Å². The van der Waals surface area contributed by atoms with Gasteiger partial charge in [-0.15, -0.1) is 0 Å². The fraction of sp³-hybridized carbons (Fsp3) is 0.292. The molecule has 3 nitrogen and oxygen atoms in total. The molecule has 0 aliphatic rings. The number of ether oxygens (including phenoxy) is 1. The molecule has 0 fully saturated rings. The number of carbonyl (C=O) groups excluding carboxylic acids is 1. The second-order valence-corrected chi connectivity index (χ2v) is 6.82. The lowest BCUT2D eigenvalue weighted by atomic mass is 9.95. The van der Waals surface area contributed by atoms with Gasteiger partial charge in [-0.3, -0.25) is 4.79 Å². The highest BCUT2D eigenvalue weighted by Gasteiger charge is 2.08. The number of hydrogen-bond donors (Lipinski definition) is 1. The highest BCUT2D eigenvalue weighted by molar-refractivity contribution is 5.91. The molecule has 0 atom stereocenters. The predicted molar refractivity (Wildman–Crippen MR) is 112 cm³/mol. The van der Waals surface area contributed by atoms with E-state index in [1.165, 1.54) is 27.5 Å². The van der Waals surface area contributed by atoms with Crippen LogP contribution in [-0.4, -0.2) is 19.1 Å². The first kappa shape index (κ1) is 19.0. The highest BCUT2D eigenvalue weighted by Crippen LogP contribution is 2.30. The van der Waals surface area contributed by atoms with Gasteiger partial charge in [0.05, 0.1) is 6.61 Å². The average molecular weight is 361 g/mol. The van der Waals surface area contributed by atoms with E-state index < -0.39 is 0 Å². The fourth-order valence-corrected chi connectivity index (χ4v) is 3.22. The van der Waals surface area contributed by atoms with Gasteiger partial charge in [-0.25, -0.2) is 0 Å². The van der Waals surface area contributed by atoms with Crippen LogP contribution in [-0.2, 0) is 11.2 Å². The first-order valence-corrected chi connectivity index (χ1v) is 9.66. The van der Waals surface area contributed by atoms with Gasteiger partial charge >= 0.3 is 0 Å². The van der Waals surface area contributed by atoms with E-state index in [2.05, 4.69) is 60.8 Å². The molecule has 0 saturated heterocycles. The van der Waals surface area contributed by atoms with E-state index in [0.29, 0.717) is 6.54 Å². The van der Waals surface area contributed by atoms with Gasteiger partial charge in [-0.05, 0) is 58.5 Å². The summed E-state index contributed by atoms with van der Waals surface area (Å²) in [6, 6.07) is 21.2. The van der Waals surface area contributed by atoms with Crippen molar-refractivity contribution in [1.29, 1.82) is 0 Å². The topological polar surface area (TPSA) is 38.3 Å². The Bertz CT molecular complexity index is 903. The summed E-state index contributed by atoms with van der Waals surface area (Å²) in [5.74, 6) is 0.909. The molecule has 27 heavy (non-hydrogen) atoms. The molecular formula is C24H27NO2. The second-order valence-electron chi connectivity index (χ2n) is 6.82. The summed E-state index contributed by atoms with van der Waals surface area (Å²) >= 11 is 0. The number of unbranched alkanes of at least 4 members (excludes halogenated alkanes) is 1. The molecular weight excluding hydrogens is 334 g/mol. The molecule has 0 aromatic heterocycles. The Morgan fingerprint density at radius 1 is 1.00 bits per heavy atom. The van der Waals surface area contributed by atoms with E-state index in [4.69, 9.17) is 4.74 Å². The maximum atomic E-state index is 11.3. The van der Waals surface area contributed by atoms with E-state index >= 15 is 0 Å². The van der Waals surface area contributed by atoms with Crippen LogP contribution in [0, 0.1) is 0 Å². The molecule has 1 N–H and O–H groups in total. The van der Waals surface area contributed by atoms with Crippen LogP contribution in [0.15, 0.2) is 60.7 Å². The Morgan fingerprint density at radius 3 is 2.56 bits per heavy atom. The van der Waals surface area contributed by atoms with Crippen molar-refractivity contribution in [2.45, 2.75) is 33.1 Å². The van der Waals surface area contributed by atoms with Crippen molar-refractivity contribution in [3.8, 4) is 16.9 Å². The quantitative estimate of drug-likeness (QED) is 0.548. The van der Waals surface area contributed by atoms with Gasteiger partial charge in [0, 0.05) is 13.5 Å². The molecule has 0 heterocycles. The van der Waals surface area contributed by atoms with Crippen LogP contribution >= 0.6 is 0 Å². The third-order valence-corrected chi connectivity index (χ3v) is 4.65. The SMILES string of the molecule is CCCCOc1ccc2cc(-c3ccccc3)cc(CCNC(C)=O)c2c1. The molecule has 0 radical (unpaired) electrons. The zero-order chi connectivity index (χ0) is 19.1. The van der Waals surface area contributed by atoms with Crippen LogP contribution in [0.3, 0.4) is 0 Å². The number of hydrogen-bond acceptors (Lipinski definition) is 2. The van der Waals surface area contributed by atoms with Gasteiger partial charge in [-0.2, -0.15) is 0 Å². The van der Waals surface area contributed by atoms with Crippen LogP contribution < -0.4 is 10.1 Å². The molecule has 0 unspecified atom stereocenters.